The highest BCUT2D eigenvalue weighted by Gasteiger charge is 2.34. The Labute approximate surface area is 217 Å². The number of alkyl halides is 5. The van der Waals surface area contributed by atoms with Crippen LogP contribution in [0.5, 0.6) is 0 Å². The molecule has 4 rings (SSSR count). The molecule has 3 N–H and O–H groups in total. The molecule has 0 atom stereocenters. The van der Waals surface area contributed by atoms with Gasteiger partial charge in [0.2, 0.25) is 0 Å². The van der Waals surface area contributed by atoms with Crippen LogP contribution in [-0.2, 0) is 6.18 Å². The van der Waals surface area contributed by atoms with Gasteiger partial charge in [-0.1, -0.05) is 46.5 Å². The smallest absolute Gasteiger partial charge is 0.383 e. The van der Waals surface area contributed by atoms with E-state index in [0.717, 1.165) is 38.2 Å². The van der Waals surface area contributed by atoms with Gasteiger partial charge in [-0.2, -0.15) is 18.3 Å². The number of pyridine rings is 1. The van der Waals surface area contributed by atoms with Gasteiger partial charge < -0.3 is 11.1 Å². The SMILES string of the molecule is CC.CC(C)n1ccc(-c2cnc(N)c(C(F)(F)F)c2)n1.CC1CCCC1.FC(F)CN1CCNCC1. The van der Waals surface area contributed by atoms with Crippen molar-refractivity contribution in [1.29, 1.82) is 0 Å². The largest absolute Gasteiger partial charge is 0.419 e. The Morgan fingerprint density at radius 1 is 1.11 bits per heavy atom. The molecule has 0 radical (unpaired) electrons. The summed E-state index contributed by atoms with van der Waals surface area (Å²) in [7, 11) is 0. The van der Waals surface area contributed by atoms with E-state index in [1.807, 2.05) is 27.7 Å². The first-order valence-electron chi connectivity index (χ1n) is 13.1. The second kappa shape index (κ2) is 16.5. The zero-order valence-corrected chi connectivity index (χ0v) is 22.7. The molecule has 2 aromatic heterocycles. The zero-order chi connectivity index (χ0) is 28.0. The van der Waals surface area contributed by atoms with Gasteiger partial charge >= 0.3 is 6.18 Å². The monoisotopic (exact) mass is 534 g/mol. The summed E-state index contributed by atoms with van der Waals surface area (Å²) in [5.74, 6) is 0.518. The third-order valence-corrected chi connectivity index (χ3v) is 5.91. The van der Waals surface area contributed by atoms with Crippen LogP contribution in [0.3, 0.4) is 0 Å². The second-order valence-corrected chi connectivity index (χ2v) is 9.26. The lowest BCUT2D eigenvalue weighted by molar-refractivity contribution is -0.137. The van der Waals surface area contributed by atoms with Crippen LogP contribution in [0.25, 0.3) is 11.3 Å². The summed E-state index contributed by atoms with van der Waals surface area (Å²) < 4.78 is 63.4. The molecule has 37 heavy (non-hydrogen) atoms. The minimum Gasteiger partial charge on any atom is -0.383 e. The van der Waals surface area contributed by atoms with Crippen LogP contribution in [0, 0.1) is 5.92 Å². The lowest BCUT2D eigenvalue weighted by Gasteiger charge is -2.26. The maximum absolute atomic E-state index is 12.7. The molecular weight excluding hydrogens is 491 g/mol. The molecule has 1 saturated carbocycles. The number of hydrogen-bond donors (Lipinski definition) is 2. The lowest BCUT2D eigenvalue weighted by Crippen LogP contribution is -2.45. The van der Waals surface area contributed by atoms with Crippen LogP contribution in [0.15, 0.2) is 24.5 Å². The highest BCUT2D eigenvalue weighted by atomic mass is 19.4. The van der Waals surface area contributed by atoms with Crippen molar-refractivity contribution in [3.63, 3.8) is 0 Å². The van der Waals surface area contributed by atoms with Gasteiger partial charge in [0.1, 0.15) is 5.82 Å². The van der Waals surface area contributed by atoms with Crippen LogP contribution in [0.2, 0.25) is 0 Å². The molecule has 3 heterocycles. The Balaban J connectivity index is 0.000000315. The number of nitrogens with zero attached hydrogens (tertiary/aromatic N) is 4. The van der Waals surface area contributed by atoms with Gasteiger partial charge in [0, 0.05) is 50.2 Å². The quantitative estimate of drug-likeness (QED) is 0.438. The Morgan fingerprint density at radius 3 is 2.14 bits per heavy atom. The van der Waals surface area contributed by atoms with Gasteiger partial charge in [-0.15, -0.1) is 0 Å². The number of rotatable bonds is 4. The van der Waals surface area contributed by atoms with Crippen molar-refractivity contribution >= 4 is 5.82 Å². The molecule has 212 valence electrons. The Morgan fingerprint density at radius 2 is 1.70 bits per heavy atom. The first-order chi connectivity index (χ1) is 17.5. The molecule has 1 saturated heterocycles. The first kappa shape index (κ1) is 32.8. The Kier molecular flexibility index (Phi) is 14.7. The van der Waals surface area contributed by atoms with Gasteiger partial charge in [0.15, 0.2) is 0 Å². The summed E-state index contributed by atoms with van der Waals surface area (Å²) in [6.45, 7) is 13.3. The average Bonchev–Trinajstić information content (AvgIpc) is 3.53. The standard InChI is InChI=1S/C12H13F3N4.C6H12F2N2.C6H12.C2H6/c1-7(2)19-4-3-10(18-19)8-5-9(12(13,14)15)11(16)17-6-8;7-6(8)5-10-3-1-9-2-4-10;1-6-4-2-3-5-6;1-2/h3-7H,1-2H3,(H2,16,17);6,9H,1-5H2;6H,2-5H2,1H3;1-2H3. The highest BCUT2D eigenvalue weighted by Crippen LogP contribution is 2.34. The van der Waals surface area contributed by atoms with Crippen LogP contribution < -0.4 is 11.1 Å². The molecule has 1 aliphatic heterocycles. The molecule has 11 heteroatoms. The number of anilines is 1. The van der Waals surface area contributed by atoms with E-state index in [1.54, 1.807) is 21.8 Å². The summed E-state index contributed by atoms with van der Waals surface area (Å²) in [6.07, 6.45) is 2.25. The normalized spacial score (nSPS) is 16.4. The minimum absolute atomic E-state index is 0.0678. The predicted molar refractivity (Wildman–Crippen MR) is 140 cm³/mol. The molecule has 1 aliphatic carbocycles. The fourth-order valence-electron chi connectivity index (χ4n) is 3.84. The maximum atomic E-state index is 12.7. The number of hydrogen-bond acceptors (Lipinski definition) is 5. The van der Waals surface area contributed by atoms with Crippen LogP contribution in [0.4, 0.5) is 27.8 Å². The molecule has 0 spiro atoms. The molecular formula is C26H43F5N6. The Bertz CT molecular complexity index is 873. The van der Waals surface area contributed by atoms with Crippen molar-refractivity contribution in [2.24, 2.45) is 5.92 Å². The van der Waals surface area contributed by atoms with Crippen LogP contribution in [-0.4, -0.2) is 58.8 Å². The summed E-state index contributed by atoms with van der Waals surface area (Å²) in [6, 6.07) is 2.75. The van der Waals surface area contributed by atoms with E-state index in [-0.39, 0.29) is 12.6 Å². The van der Waals surface area contributed by atoms with E-state index in [1.165, 1.54) is 31.9 Å². The van der Waals surface area contributed by atoms with E-state index >= 15 is 0 Å². The molecule has 6 nitrogen and oxygen atoms in total. The van der Waals surface area contributed by atoms with Crippen molar-refractivity contribution in [2.75, 3.05) is 38.5 Å². The fraction of sp³-hybridized carbons (Fsp3) is 0.692. The highest BCUT2D eigenvalue weighted by molar-refractivity contribution is 5.61. The van der Waals surface area contributed by atoms with Gasteiger partial charge in [0.25, 0.3) is 6.43 Å². The minimum atomic E-state index is -4.52. The number of aromatic nitrogens is 3. The molecule has 0 unspecified atom stereocenters. The van der Waals surface area contributed by atoms with Crippen molar-refractivity contribution in [3.05, 3.63) is 30.1 Å². The van der Waals surface area contributed by atoms with Crippen molar-refractivity contribution < 1.29 is 22.0 Å². The summed E-state index contributed by atoms with van der Waals surface area (Å²) >= 11 is 0. The van der Waals surface area contributed by atoms with Crippen molar-refractivity contribution in [1.82, 2.24) is 25.0 Å². The van der Waals surface area contributed by atoms with Gasteiger partial charge in [0.05, 0.1) is 17.8 Å². The number of nitrogens with two attached hydrogens (primary N) is 1. The summed E-state index contributed by atoms with van der Waals surface area (Å²) in [5.41, 5.74) is 5.04. The zero-order valence-electron chi connectivity index (χ0n) is 22.7. The van der Waals surface area contributed by atoms with Gasteiger partial charge in [-0.05, 0) is 31.9 Å². The van der Waals surface area contributed by atoms with E-state index in [2.05, 4.69) is 22.3 Å². The molecule has 2 aliphatic rings. The topological polar surface area (TPSA) is 72.0 Å². The van der Waals surface area contributed by atoms with Crippen molar-refractivity contribution in [2.45, 2.75) is 78.9 Å². The molecule has 2 fully saturated rings. The third kappa shape index (κ3) is 12.2. The molecule has 0 bridgehead atoms. The molecule has 0 aromatic carbocycles. The molecule has 0 amide bonds. The van der Waals surface area contributed by atoms with E-state index in [4.69, 9.17) is 5.73 Å². The van der Waals surface area contributed by atoms with E-state index in [9.17, 15) is 22.0 Å². The first-order valence-corrected chi connectivity index (χ1v) is 13.1. The summed E-state index contributed by atoms with van der Waals surface area (Å²) in [4.78, 5) is 5.36. The lowest BCUT2D eigenvalue weighted by atomic mass is 10.1. The van der Waals surface area contributed by atoms with Crippen LogP contribution >= 0.6 is 0 Å². The van der Waals surface area contributed by atoms with Crippen LogP contribution in [0.1, 0.15) is 71.9 Å². The number of halogens is 5. The van der Waals surface area contributed by atoms with E-state index < -0.39 is 24.0 Å². The van der Waals surface area contributed by atoms with E-state index in [0.29, 0.717) is 11.3 Å². The molecule has 2 aromatic rings. The number of nitrogens with one attached hydrogen (secondary N) is 1. The third-order valence-electron chi connectivity index (χ3n) is 5.91. The summed E-state index contributed by atoms with van der Waals surface area (Å²) in [5, 5.41) is 7.30. The predicted octanol–water partition coefficient (Wildman–Crippen LogP) is 6.51. The van der Waals surface area contributed by atoms with Gasteiger partial charge in [-0.3, -0.25) is 9.58 Å². The fourth-order valence-corrected chi connectivity index (χ4v) is 3.84. The second-order valence-electron chi connectivity index (χ2n) is 9.26. The van der Waals surface area contributed by atoms with Gasteiger partial charge in [-0.25, -0.2) is 13.8 Å². The Hall–Kier alpha value is -2.27. The number of nitrogen functional groups attached to an aromatic ring is 1. The maximum Gasteiger partial charge on any atom is 0.419 e. The average molecular weight is 535 g/mol. The number of piperazine rings is 1. The van der Waals surface area contributed by atoms with Crippen molar-refractivity contribution in [3.8, 4) is 11.3 Å².